The van der Waals surface area contributed by atoms with Crippen molar-refractivity contribution in [1.29, 1.82) is 0 Å². The van der Waals surface area contributed by atoms with Gasteiger partial charge in [0.05, 0.1) is 19.3 Å². The molecule has 1 N–H and O–H groups in total. The Labute approximate surface area is 151 Å². The van der Waals surface area contributed by atoms with Crippen LogP contribution >= 0.6 is 0 Å². The van der Waals surface area contributed by atoms with Crippen molar-refractivity contribution >= 4 is 5.91 Å². The maximum absolute atomic E-state index is 12.5. The fraction of sp³-hybridized carbons (Fsp3) is 0.421. The van der Waals surface area contributed by atoms with Crippen LogP contribution in [-0.2, 0) is 16.1 Å². The molecule has 1 spiro atoms. The molecule has 3 heterocycles. The van der Waals surface area contributed by atoms with Crippen LogP contribution in [0.3, 0.4) is 0 Å². The summed E-state index contributed by atoms with van der Waals surface area (Å²) < 4.78 is 13.1. The van der Waals surface area contributed by atoms with Gasteiger partial charge in [-0.05, 0) is 12.1 Å². The lowest BCUT2D eigenvalue weighted by Crippen LogP contribution is -2.49. The summed E-state index contributed by atoms with van der Waals surface area (Å²) in [5.41, 5.74) is 0.225. The number of aromatic nitrogens is 2. The molecule has 2 aliphatic rings. The molecule has 2 aliphatic heterocycles. The summed E-state index contributed by atoms with van der Waals surface area (Å²) in [6.07, 6.45) is 5.28. The van der Waals surface area contributed by atoms with E-state index in [9.17, 15) is 9.59 Å². The van der Waals surface area contributed by atoms with E-state index in [0.29, 0.717) is 19.6 Å². The second-order valence-corrected chi connectivity index (χ2v) is 6.79. The molecule has 136 valence electrons. The second kappa shape index (κ2) is 6.92. The first kappa shape index (κ1) is 16.8. The van der Waals surface area contributed by atoms with Gasteiger partial charge in [0, 0.05) is 37.2 Å². The predicted octanol–water partition coefficient (Wildman–Crippen LogP) is 1.43. The Balaban J connectivity index is 1.55. The molecule has 2 aromatic rings. The summed E-state index contributed by atoms with van der Waals surface area (Å²) in [6, 6.07) is 9.27. The molecule has 1 unspecified atom stereocenters. The molecule has 0 bridgehead atoms. The van der Waals surface area contributed by atoms with E-state index in [1.807, 2.05) is 24.3 Å². The molecule has 26 heavy (non-hydrogen) atoms. The number of benzene rings is 1. The molecule has 0 saturated carbocycles. The van der Waals surface area contributed by atoms with Crippen LogP contribution < -0.4 is 15.7 Å². The fourth-order valence-corrected chi connectivity index (χ4v) is 3.70. The van der Waals surface area contributed by atoms with Gasteiger partial charge in [0.15, 0.2) is 0 Å². The summed E-state index contributed by atoms with van der Waals surface area (Å²) in [5, 5.41) is 3.08. The third kappa shape index (κ3) is 3.35. The van der Waals surface area contributed by atoms with Gasteiger partial charge in [0.25, 0.3) is 0 Å². The van der Waals surface area contributed by atoms with Crippen molar-refractivity contribution in [2.75, 3.05) is 13.2 Å². The van der Waals surface area contributed by atoms with Gasteiger partial charge in [-0.15, -0.1) is 0 Å². The van der Waals surface area contributed by atoms with Crippen molar-refractivity contribution in [3.8, 4) is 5.75 Å². The minimum absolute atomic E-state index is 0.0533. The van der Waals surface area contributed by atoms with Crippen LogP contribution in [-0.4, -0.2) is 34.3 Å². The van der Waals surface area contributed by atoms with E-state index in [0.717, 1.165) is 24.2 Å². The van der Waals surface area contributed by atoms with Gasteiger partial charge >= 0.3 is 5.69 Å². The molecule has 1 aromatic heterocycles. The SMILES string of the molecule is O=C(Cn1cccnc1=O)NC1CC2(CCOCC2)Oc2ccccc21. The Bertz CT molecular complexity index is 858. The van der Waals surface area contributed by atoms with Crippen LogP contribution in [0.1, 0.15) is 30.9 Å². The smallest absolute Gasteiger partial charge is 0.347 e. The molecule has 7 nitrogen and oxygen atoms in total. The van der Waals surface area contributed by atoms with Crippen LogP contribution in [0, 0.1) is 0 Å². The molecule has 1 atom stereocenters. The lowest BCUT2D eigenvalue weighted by atomic mass is 9.82. The highest BCUT2D eigenvalue weighted by atomic mass is 16.5. The maximum Gasteiger partial charge on any atom is 0.347 e. The number of nitrogens with zero attached hydrogens (tertiary/aromatic N) is 2. The number of carbonyl (C=O) groups excluding carboxylic acids is 1. The van der Waals surface area contributed by atoms with Gasteiger partial charge in [-0.1, -0.05) is 18.2 Å². The van der Waals surface area contributed by atoms with Gasteiger partial charge in [0.2, 0.25) is 5.91 Å². The van der Waals surface area contributed by atoms with E-state index < -0.39 is 5.69 Å². The highest BCUT2D eigenvalue weighted by Gasteiger charge is 2.42. The number of para-hydroxylation sites is 1. The topological polar surface area (TPSA) is 82.5 Å². The highest BCUT2D eigenvalue weighted by Crippen LogP contribution is 2.43. The summed E-state index contributed by atoms with van der Waals surface area (Å²) in [4.78, 5) is 28.0. The van der Waals surface area contributed by atoms with Crippen molar-refractivity contribution in [1.82, 2.24) is 14.9 Å². The number of hydrogen-bond acceptors (Lipinski definition) is 5. The van der Waals surface area contributed by atoms with Crippen LogP contribution in [0.25, 0.3) is 0 Å². The normalized spacial score (nSPS) is 20.8. The summed E-state index contributed by atoms with van der Waals surface area (Å²) in [7, 11) is 0. The predicted molar refractivity (Wildman–Crippen MR) is 93.9 cm³/mol. The number of ether oxygens (including phenoxy) is 2. The second-order valence-electron chi connectivity index (χ2n) is 6.79. The number of fused-ring (bicyclic) bond motifs is 1. The van der Waals surface area contributed by atoms with E-state index in [1.165, 1.54) is 10.8 Å². The Morgan fingerprint density at radius 1 is 1.27 bits per heavy atom. The van der Waals surface area contributed by atoms with E-state index >= 15 is 0 Å². The molecule has 1 fully saturated rings. The van der Waals surface area contributed by atoms with E-state index in [1.54, 1.807) is 12.3 Å². The van der Waals surface area contributed by atoms with Crippen LogP contribution in [0.15, 0.2) is 47.5 Å². The molecule has 4 rings (SSSR count). The van der Waals surface area contributed by atoms with Gasteiger partial charge in [-0.25, -0.2) is 9.78 Å². The molecule has 7 heteroatoms. The van der Waals surface area contributed by atoms with E-state index in [-0.39, 0.29) is 24.1 Å². The molecular formula is C19H21N3O4. The Hall–Kier alpha value is -2.67. The zero-order chi connectivity index (χ0) is 18.0. The van der Waals surface area contributed by atoms with Gasteiger partial charge in [-0.2, -0.15) is 0 Å². The zero-order valence-electron chi connectivity index (χ0n) is 14.4. The number of nitrogens with one attached hydrogen (secondary N) is 1. The van der Waals surface area contributed by atoms with Crippen molar-refractivity contribution in [2.45, 2.75) is 37.5 Å². The number of carbonyl (C=O) groups is 1. The first-order valence-electron chi connectivity index (χ1n) is 8.82. The van der Waals surface area contributed by atoms with Crippen molar-refractivity contribution in [3.63, 3.8) is 0 Å². The molecular weight excluding hydrogens is 334 g/mol. The molecule has 1 aromatic carbocycles. The van der Waals surface area contributed by atoms with E-state index in [4.69, 9.17) is 9.47 Å². The van der Waals surface area contributed by atoms with Crippen molar-refractivity contribution in [2.24, 2.45) is 0 Å². The zero-order valence-corrected chi connectivity index (χ0v) is 14.4. The molecule has 0 radical (unpaired) electrons. The van der Waals surface area contributed by atoms with Gasteiger partial charge in [0.1, 0.15) is 17.9 Å². The quantitative estimate of drug-likeness (QED) is 0.901. The summed E-state index contributed by atoms with van der Waals surface area (Å²) >= 11 is 0. The monoisotopic (exact) mass is 355 g/mol. The van der Waals surface area contributed by atoms with E-state index in [2.05, 4.69) is 10.3 Å². The number of rotatable bonds is 3. The molecule has 1 saturated heterocycles. The lowest BCUT2D eigenvalue weighted by Gasteiger charge is -2.44. The lowest BCUT2D eigenvalue weighted by molar-refractivity contribution is -0.123. The minimum atomic E-state index is -0.434. The maximum atomic E-state index is 12.5. The highest BCUT2D eigenvalue weighted by molar-refractivity contribution is 5.76. The van der Waals surface area contributed by atoms with Crippen LogP contribution in [0.2, 0.25) is 0 Å². The molecule has 0 aliphatic carbocycles. The van der Waals surface area contributed by atoms with Gasteiger partial charge in [-0.3, -0.25) is 9.36 Å². The van der Waals surface area contributed by atoms with Crippen molar-refractivity contribution < 1.29 is 14.3 Å². The fourth-order valence-electron chi connectivity index (χ4n) is 3.70. The summed E-state index contributed by atoms with van der Waals surface area (Å²) in [6.45, 7) is 1.27. The first-order chi connectivity index (χ1) is 12.7. The van der Waals surface area contributed by atoms with Crippen LogP contribution in [0.4, 0.5) is 0 Å². The Kier molecular flexibility index (Phi) is 4.46. The average Bonchev–Trinajstić information content (AvgIpc) is 2.64. The largest absolute Gasteiger partial charge is 0.487 e. The van der Waals surface area contributed by atoms with Gasteiger partial charge < -0.3 is 14.8 Å². The Morgan fingerprint density at radius 2 is 2.08 bits per heavy atom. The standard InChI is InChI=1S/C19H21N3O4/c23-17(13-22-9-3-8-20-18(22)24)21-15-12-19(6-10-25-11-7-19)26-16-5-2-1-4-14(15)16/h1-5,8-9,15H,6-7,10-13H2,(H,21,23). The third-order valence-corrected chi connectivity index (χ3v) is 5.03. The minimum Gasteiger partial charge on any atom is -0.487 e. The molecule has 1 amide bonds. The van der Waals surface area contributed by atoms with Crippen molar-refractivity contribution in [3.05, 3.63) is 58.8 Å². The average molecular weight is 355 g/mol. The summed E-state index contributed by atoms with van der Waals surface area (Å²) in [5.74, 6) is 0.591. The number of amides is 1. The number of hydrogen-bond donors (Lipinski definition) is 1. The third-order valence-electron chi connectivity index (χ3n) is 5.03. The Morgan fingerprint density at radius 3 is 2.88 bits per heavy atom. The first-order valence-corrected chi connectivity index (χ1v) is 8.82. The van der Waals surface area contributed by atoms with Crippen LogP contribution in [0.5, 0.6) is 5.75 Å².